The highest BCUT2D eigenvalue weighted by Gasteiger charge is 2.41. The molecule has 0 aromatic heterocycles. The third-order valence-corrected chi connectivity index (χ3v) is 12.6. The zero-order valence-electron chi connectivity index (χ0n) is 20.8. The van der Waals surface area contributed by atoms with Gasteiger partial charge < -0.3 is 0 Å². The molecule has 0 saturated heterocycles. The number of benzene rings is 4. The van der Waals surface area contributed by atoms with E-state index >= 15 is 0 Å². The fraction of sp³-hybridized carbons (Fsp3) is 0.0769. The fourth-order valence-corrected chi connectivity index (χ4v) is 11.6. The summed E-state index contributed by atoms with van der Waals surface area (Å²) in [4.78, 5) is 46.1. The summed E-state index contributed by atoms with van der Waals surface area (Å²) in [5.41, 5.74) is -1.06. The van der Waals surface area contributed by atoms with E-state index in [0.29, 0.717) is 0 Å². The van der Waals surface area contributed by atoms with Crippen LogP contribution in [0.3, 0.4) is 0 Å². The summed E-state index contributed by atoms with van der Waals surface area (Å²) in [5, 5.41) is 48.5. The highest BCUT2D eigenvalue weighted by Crippen LogP contribution is 2.59. The minimum atomic E-state index is -1.97. The van der Waals surface area contributed by atoms with Crippen molar-refractivity contribution >= 4 is 59.8 Å². The maximum absolute atomic E-state index is 12.1. The highest BCUT2D eigenvalue weighted by atomic mass is 31.2. The van der Waals surface area contributed by atoms with E-state index in [2.05, 4.69) is 0 Å². The Balaban J connectivity index is 2.11. The summed E-state index contributed by atoms with van der Waals surface area (Å²) in [6.07, 6.45) is 0. The molecule has 12 nitrogen and oxygen atoms in total. The SMILES string of the molecule is CC(P(c1ccccc1[N+](=O)[O-])c1ccccc1[N+](=O)[O-])P(c1ccccc1[N+](=O)[O-])c1ccccc1[N+](=O)[O-]. The van der Waals surface area contributed by atoms with Gasteiger partial charge in [0.2, 0.25) is 0 Å². The number of nitro benzene ring substituents is 4. The second-order valence-corrected chi connectivity index (χ2v) is 13.7. The van der Waals surface area contributed by atoms with E-state index < -0.39 is 40.9 Å². The van der Waals surface area contributed by atoms with E-state index in [9.17, 15) is 40.5 Å². The summed E-state index contributed by atoms with van der Waals surface area (Å²) >= 11 is 0. The minimum absolute atomic E-state index is 0.217. The molecule has 40 heavy (non-hydrogen) atoms. The molecule has 202 valence electrons. The van der Waals surface area contributed by atoms with Gasteiger partial charge in [-0.05, 0) is 40.1 Å². The van der Waals surface area contributed by atoms with Crippen molar-refractivity contribution in [3.63, 3.8) is 0 Å². The summed E-state index contributed by atoms with van der Waals surface area (Å²) in [6.45, 7) is 1.69. The summed E-state index contributed by atoms with van der Waals surface area (Å²) in [7, 11) is -3.94. The first-order valence-corrected chi connectivity index (χ1v) is 14.5. The van der Waals surface area contributed by atoms with Crippen LogP contribution in [0.2, 0.25) is 0 Å². The predicted molar refractivity (Wildman–Crippen MR) is 154 cm³/mol. The molecule has 4 rings (SSSR count). The Morgan fingerprint density at radius 3 is 0.850 bits per heavy atom. The molecule has 0 fully saturated rings. The molecule has 4 aromatic rings. The topological polar surface area (TPSA) is 173 Å². The van der Waals surface area contributed by atoms with Crippen molar-refractivity contribution in [3.8, 4) is 0 Å². The van der Waals surface area contributed by atoms with Crippen LogP contribution in [-0.2, 0) is 0 Å². The summed E-state index contributed by atoms with van der Waals surface area (Å²) in [6, 6.07) is 23.5. The lowest BCUT2D eigenvalue weighted by Crippen LogP contribution is -2.29. The van der Waals surface area contributed by atoms with E-state index in [4.69, 9.17) is 0 Å². The number of hydrogen-bond acceptors (Lipinski definition) is 8. The van der Waals surface area contributed by atoms with E-state index in [-0.39, 0.29) is 44.0 Å². The number of nitro groups is 4. The van der Waals surface area contributed by atoms with Gasteiger partial charge in [0, 0.05) is 29.7 Å². The first kappa shape index (κ1) is 28.4. The molecule has 0 aliphatic carbocycles. The van der Waals surface area contributed by atoms with Gasteiger partial charge in [-0.2, -0.15) is 0 Å². The molecule has 0 bridgehead atoms. The van der Waals surface area contributed by atoms with E-state index in [0.717, 1.165) is 0 Å². The van der Waals surface area contributed by atoms with Crippen molar-refractivity contribution in [2.45, 2.75) is 12.3 Å². The zero-order chi connectivity index (χ0) is 29.0. The Kier molecular flexibility index (Phi) is 8.52. The fourth-order valence-electron chi connectivity index (χ4n) is 4.47. The highest BCUT2D eigenvalue weighted by molar-refractivity contribution is 7.90. The molecule has 0 atom stereocenters. The second-order valence-electron chi connectivity index (χ2n) is 8.36. The molecular formula is C26H20N4O8P2. The largest absolute Gasteiger partial charge is 0.277 e. The maximum atomic E-state index is 12.1. The van der Waals surface area contributed by atoms with Crippen molar-refractivity contribution in [1.82, 2.24) is 0 Å². The van der Waals surface area contributed by atoms with Crippen LogP contribution in [0.5, 0.6) is 0 Å². The molecule has 4 aromatic carbocycles. The molecule has 0 spiro atoms. The van der Waals surface area contributed by atoms with Gasteiger partial charge in [-0.1, -0.05) is 55.5 Å². The van der Waals surface area contributed by atoms with Crippen LogP contribution in [0.1, 0.15) is 6.92 Å². The number of para-hydroxylation sites is 4. The first-order chi connectivity index (χ1) is 19.1. The van der Waals surface area contributed by atoms with Gasteiger partial charge in [0.05, 0.1) is 40.9 Å². The van der Waals surface area contributed by atoms with Crippen LogP contribution < -0.4 is 21.2 Å². The van der Waals surface area contributed by atoms with E-state index in [1.54, 1.807) is 31.2 Å². The van der Waals surface area contributed by atoms with Crippen molar-refractivity contribution in [2.75, 3.05) is 0 Å². The molecule has 0 saturated carbocycles. The van der Waals surface area contributed by atoms with Crippen LogP contribution >= 0.6 is 15.8 Å². The van der Waals surface area contributed by atoms with Crippen LogP contribution in [0.25, 0.3) is 0 Å². The van der Waals surface area contributed by atoms with Crippen molar-refractivity contribution in [2.24, 2.45) is 0 Å². The average molecular weight is 578 g/mol. The Labute approximate surface area is 229 Å². The molecule has 0 amide bonds. The smallest absolute Gasteiger partial charge is 0.258 e. The first-order valence-electron chi connectivity index (χ1n) is 11.7. The Morgan fingerprint density at radius 2 is 0.650 bits per heavy atom. The van der Waals surface area contributed by atoms with Gasteiger partial charge in [0.25, 0.3) is 22.7 Å². The molecule has 0 radical (unpaired) electrons. The van der Waals surface area contributed by atoms with Gasteiger partial charge in [0.1, 0.15) is 0 Å². The van der Waals surface area contributed by atoms with Gasteiger partial charge in [0.15, 0.2) is 0 Å². The quantitative estimate of drug-likeness (QED) is 0.140. The van der Waals surface area contributed by atoms with Gasteiger partial charge in [-0.25, -0.2) is 0 Å². The Hall–Kier alpha value is -4.66. The van der Waals surface area contributed by atoms with Gasteiger partial charge in [-0.3, -0.25) is 40.5 Å². The molecule has 0 aliphatic heterocycles. The van der Waals surface area contributed by atoms with Crippen molar-refractivity contribution in [3.05, 3.63) is 138 Å². The third-order valence-electron chi connectivity index (χ3n) is 6.10. The maximum Gasteiger partial charge on any atom is 0.277 e. The molecule has 0 aliphatic rings. The van der Waals surface area contributed by atoms with Gasteiger partial charge >= 0.3 is 0 Å². The third kappa shape index (κ3) is 5.54. The lowest BCUT2D eigenvalue weighted by atomic mass is 10.3. The van der Waals surface area contributed by atoms with Crippen molar-refractivity contribution < 1.29 is 19.7 Å². The number of hydrogen-bond donors (Lipinski definition) is 0. The van der Waals surface area contributed by atoms with Crippen LogP contribution in [0, 0.1) is 40.5 Å². The van der Waals surface area contributed by atoms with E-state index in [1.807, 2.05) is 0 Å². The standard InChI is InChI=1S/C26H20N4O8P2/c1-18(39(23-14-6-2-10-19(23)27(31)32)24-15-7-3-11-20(24)28(33)34)40(25-16-8-4-12-21(25)29(35)36)26-17-9-5-13-22(26)30(37)38/h2-18H,1H3. The lowest BCUT2D eigenvalue weighted by Gasteiger charge is -2.32. The average Bonchev–Trinajstić information content (AvgIpc) is 2.94. The second kappa shape index (κ2) is 12.0. The molecule has 0 N–H and O–H groups in total. The summed E-state index contributed by atoms with van der Waals surface area (Å²) in [5.74, 6) is 0. The number of nitrogens with zero attached hydrogens (tertiary/aromatic N) is 4. The summed E-state index contributed by atoms with van der Waals surface area (Å²) < 4.78 is 0. The Bertz CT molecular complexity index is 1400. The predicted octanol–water partition coefficient (Wildman–Crippen LogP) is 5.23. The van der Waals surface area contributed by atoms with Crippen LogP contribution in [-0.4, -0.2) is 25.1 Å². The van der Waals surface area contributed by atoms with E-state index in [1.165, 1.54) is 72.8 Å². The minimum Gasteiger partial charge on any atom is -0.258 e. The molecule has 14 heteroatoms. The van der Waals surface area contributed by atoms with Crippen LogP contribution in [0.4, 0.5) is 22.7 Å². The van der Waals surface area contributed by atoms with Gasteiger partial charge in [-0.15, -0.1) is 0 Å². The Morgan fingerprint density at radius 1 is 0.450 bits per heavy atom. The zero-order valence-corrected chi connectivity index (χ0v) is 22.6. The number of rotatable bonds is 10. The monoisotopic (exact) mass is 578 g/mol. The van der Waals surface area contributed by atoms with Crippen molar-refractivity contribution in [1.29, 1.82) is 0 Å². The normalized spacial score (nSPS) is 11.1. The molecule has 0 unspecified atom stereocenters. The lowest BCUT2D eigenvalue weighted by molar-refractivity contribution is -0.384. The van der Waals surface area contributed by atoms with Crippen LogP contribution in [0.15, 0.2) is 97.1 Å². The molecule has 0 heterocycles. The molecular weight excluding hydrogens is 558 g/mol.